The number of likely N-dealkylation sites (N-methyl/N-ethyl adjacent to an activating group) is 1. The molecule has 1 aromatic heterocycles. The summed E-state index contributed by atoms with van der Waals surface area (Å²) in [6.07, 6.45) is 0. The lowest BCUT2D eigenvalue weighted by Crippen LogP contribution is -2.26. The van der Waals surface area contributed by atoms with Crippen molar-refractivity contribution in [3.8, 4) is 0 Å². The van der Waals surface area contributed by atoms with Gasteiger partial charge in [0.15, 0.2) is 5.82 Å². The van der Waals surface area contributed by atoms with Crippen LogP contribution in [0.25, 0.3) is 0 Å². The molecule has 0 bridgehead atoms. The van der Waals surface area contributed by atoms with Gasteiger partial charge >= 0.3 is 0 Å². The van der Waals surface area contributed by atoms with Crippen LogP contribution in [0.2, 0.25) is 0 Å². The summed E-state index contributed by atoms with van der Waals surface area (Å²) in [5, 5.41) is 7.65. The summed E-state index contributed by atoms with van der Waals surface area (Å²) in [5.41, 5.74) is 1.14. The van der Waals surface area contributed by atoms with E-state index in [4.69, 9.17) is 4.52 Å². The monoisotopic (exact) mass is 287 g/mol. The van der Waals surface area contributed by atoms with E-state index in [1.165, 1.54) is 5.56 Å². The summed E-state index contributed by atoms with van der Waals surface area (Å²) < 4.78 is 5.50. The second kappa shape index (κ2) is 6.39. The molecule has 2 aromatic rings. The minimum Gasteiger partial charge on any atom is -0.339 e. The molecule has 0 radical (unpaired) electrons. The lowest BCUT2D eigenvalue weighted by molar-refractivity contribution is 0.321. The summed E-state index contributed by atoms with van der Waals surface area (Å²) in [6.45, 7) is 11.4. The molecule has 0 aliphatic carbocycles. The quantitative estimate of drug-likeness (QED) is 0.908. The van der Waals surface area contributed by atoms with Gasteiger partial charge in [-0.15, -0.1) is 0 Å². The molecule has 0 saturated heterocycles. The lowest BCUT2D eigenvalue weighted by atomic mass is 9.93. The predicted molar refractivity (Wildman–Crippen MR) is 84.3 cm³/mol. The number of nitrogens with zero attached hydrogens (tertiary/aromatic N) is 2. The zero-order chi connectivity index (χ0) is 15.5. The average Bonchev–Trinajstić information content (AvgIpc) is 2.95. The fourth-order valence-corrected chi connectivity index (χ4v) is 2.33. The van der Waals surface area contributed by atoms with E-state index in [1.54, 1.807) is 0 Å². The summed E-state index contributed by atoms with van der Waals surface area (Å²) in [7, 11) is 0. The molecule has 1 heterocycles. The van der Waals surface area contributed by atoms with Gasteiger partial charge < -0.3 is 9.84 Å². The van der Waals surface area contributed by atoms with Gasteiger partial charge in [0.2, 0.25) is 5.89 Å². The SMILES string of the molecule is CCNC(c1ccccc1)C(C)c1nc(C(C)(C)C)no1. The van der Waals surface area contributed by atoms with Crippen molar-refractivity contribution < 1.29 is 4.52 Å². The first-order valence-corrected chi connectivity index (χ1v) is 7.56. The van der Waals surface area contributed by atoms with Gasteiger partial charge in [-0.3, -0.25) is 0 Å². The van der Waals surface area contributed by atoms with Gasteiger partial charge in [-0.05, 0) is 12.1 Å². The van der Waals surface area contributed by atoms with Crippen LogP contribution in [0.4, 0.5) is 0 Å². The molecule has 0 aliphatic heterocycles. The first-order valence-electron chi connectivity index (χ1n) is 7.56. The molecule has 4 heteroatoms. The molecule has 0 fully saturated rings. The summed E-state index contributed by atoms with van der Waals surface area (Å²) in [5.74, 6) is 1.57. The van der Waals surface area contributed by atoms with E-state index in [0.29, 0.717) is 5.89 Å². The molecule has 1 aromatic carbocycles. The highest BCUT2D eigenvalue weighted by molar-refractivity contribution is 5.22. The molecule has 0 saturated carbocycles. The van der Waals surface area contributed by atoms with Crippen LogP contribution in [-0.4, -0.2) is 16.7 Å². The first kappa shape index (κ1) is 15.7. The Bertz CT molecular complexity index is 557. The topological polar surface area (TPSA) is 51.0 Å². The van der Waals surface area contributed by atoms with Crippen molar-refractivity contribution in [3.63, 3.8) is 0 Å². The molecule has 2 rings (SSSR count). The number of hydrogen-bond donors (Lipinski definition) is 1. The summed E-state index contributed by atoms with van der Waals surface area (Å²) >= 11 is 0. The number of aromatic nitrogens is 2. The number of rotatable bonds is 5. The van der Waals surface area contributed by atoms with Crippen LogP contribution in [0.15, 0.2) is 34.9 Å². The highest BCUT2D eigenvalue weighted by Crippen LogP contribution is 2.30. The Morgan fingerprint density at radius 1 is 1.19 bits per heavy atom. The Hall–Kier alpha value is -1.68. The predicted octanol–water partition coefficient (Wildman–Crippen LogP) is 3.82. The maximum Gasteiger partial charge on any atom is 0.231 e. The van der Waals surface area contributed by atoms with Crippen molar-refractivity contribution in [2.24, 2.45) is 0 Å². The van der Waals surface area contributed by atoms with Gasteiger partial charge in [0, 0.05) is 11.5 Å². The van der Waals surface area contributed by atoms with Gasteiger partial charge in [0.05, 0.1) is 5.92 Å². The van der Waals surface area contributed by atoms with E-state index >= 15 is 0 Å². The van der Waals surface area contributed by atoms with E-state index in [9.17, 15) is 0 Å². The van der Waals surface area contributed by atoms with Crippen molar-refractivity contribution in [1.29, 1.82) is 0 Å². The number of hydrogen-bond acceptors (Lipinski definition) is 4. The van der Waals surface area contributed by atoms with Crippen LogP contribution < -0.4 is 5.32 Å². The van der Waals surface area contributed by atoms with E-state index in [0.717, 1.165) is 12.4 Å². The van der Waals surface area contributed by atoms with Crippen LogP contribution in [0.1, 0.15) is 63.9 Å². The number of benzene rings is 1. The molecule has 0 spiro atoms. The van der Waals surface area contributed by atoms with Crippen LogP contribution >= 0.6 is 0 Å². The second-order valence-electron chi connectivity index (χ2n) is 6.44. The zero-order valence-corrected chi connectivity index (χ0v) is 13.6. The van der Waals surface area contributed by atoms with Crippen LogP contribution in [-0.2, 0) is 5.41 Å². The standard InChI is InChI=1S/C17H25N3O/c1-6-18-14(13-10-8-7-9-11-13)12(2)15-19-16(20-21-15)17(3,4)5/h7-12,14,18H,6H2,1-5H3. The molecular formula is C17H25N3O. The average molecular weight is 287 g/mol. The third-order valence-electron chi connectivity index (χ3n) is 3.58. The molecule has 2 atom stereocenters. The van der Waals surface area contributed by atoms with E-state index < -0.39 is 0 Å². The van der Waals surface area contributed by atoms with Gasteiger partial charge in [0.1, 0.15) is 0 Å². The molecule has 114 valence electrons. The largest absolute Gasteiger partial charge is 0.339 e. The fourth-order valence-electron chi connectivity index (χ4n) is 2.33. The Morgan fingerprint density at radius 2 is 1.86 bits per heavy atom. The molecule has 1 N–H and O–H groups in total. The van der Waals surface area contributed by atoms with Crippen LogP contribution in [0.3, 0.4) is 0 Å². The smallest absolute Gasteiger partial charge is 0.231 e. The third-order valence-corrected chi connectivity index (χ3v) is 3.58. The van der Waals surface area contributed by atoms with Crippen molar-refractivity contribution in [2.45, 2.75) is 52.0 Å². The van der Waals surface area contributed by atoms with Crippen LogP contribution in [0, 0.1) is 0 Å². The Kier molecular flexibility index (Phi) is 4.78. The molecule has 4 nitrogen and oxygen atoms in total. The van der Waals surface area contributed by atoms with E-state index in [1.807, 2.05) is 6.07 Å². The van der Waals surface area contributed by atoms with Crippen LogP contribution in [0.5, 0.6) is 0 Å². The Labute approximate surface area is 127 Å². The summed E-state index contributed by atoms with van der Waals surface area (Å²) in [4.78, 5) is 4.59. The molecule has 21 heavy (non-hydrogen) atoms. The van der Waals surface area contributed by atoms with E-state index in [2.05, 4.69) is 74.3 Å². The first-order chi connectivity index (χ1) is 9.93. The molecular weight excluding hydrogens is 262 g/mol. The number of nitrogens with one attached hydrogen (secondary N) is 1. The van der Waals surface area contributed by atoms with E-state index in [-0.39, 0.29) is 17.4 Å². The second-order valence-corrected chi connectivity index (χ2v) is 6.44. The van der Waals surface area contributed by atoms with Gasteiger partial charge in [-0.2, -0.15) is 4.98 Å². The normalized spacial score (nSPS) is 14.9. The van der Waals surface area contributed by atoms with Crippen molar-refractivity contribution in [2.75, 3.05) is 6.54 Å². The van der Waals surface area contributed by atoms with Gasteiger partial charge in [-0.1, -0.05) is 70.1 Å². The fraction of sp³-hybridized carbons (Fsp3) is 0.529. The Balaban J connectivity index is 2.26. The lowest BCUT2D eigenvalue weighted by Gasteiger charge is -2.22. The molecule has 2 unspecified atom stereocenters. The third kappa shape index (κ3) is 3.70. The van der Waals surface area contributed by atoms with Crippen molar-refractivity contribution >= 4 is 0 Å². The highest BCUT2D eigenvalue weighted by atomic mass is 16.5. The maximum atomic E-state index is 5.50. The molecule has 0 aliphatic rings. The highest BCUT2D eigenvalue weighted by Gasteiger charge is 2.27. The van der Waals surface area contributed by atoms with Gasteiger partial charge in [-0.25, -0.2) is 0 Å². The minimum absolute atomic E-state index is 0.0953. The van der Waals surface area contributed by atoms with Crippen molar-refractivity contribution in [3.05, 3.63) is 47.6 Å². The minimum atomic E-state index is -0.0953. The maximum absolute atomic E-state index is 5.50. The molecule has 0 amide bonds. The Morgan fingerprint density at radius 3 is 2.38 bits per heavy atom. The van der Waals surface area contributed by atoms with Gasteiger partial charge in [0.25, 0.3) is 0 Å². The summed E-state index contributed by atoms with van der Waals surface area (Å²) in [6, 6.07) is 10.6. The zero-order valence-electron chi connectivity index (χ0n) is 13.6. The van der Waals surface area contributed by atoms with Crippen molar-refractivity contribution in [1.82, 2.24) is 15.5 Å².